The molecule has 7 heteroatoms. The predicted molar refractivity (Wildman–Crippen MR) is 71.9 cm³/mol. The Morgan fingerprint density at radius 1 is 1.45 bits per heavy atom. The lowest BCUT2D eigenvalue weighted by atomic mass is 9.93. The first-order valence-electron chi connectivity index (χ1n) is 6.38. The van der Waals surface area contributed by atoms with E-state index in [-0.39, 0.29) is 6.42 Å². The number of nitrogens with one attached hydrogen (secondary N) is 1. The molecule has 0 saturated heterocycles. The molecule has 0 aliphatic heterocycles. The molecule has 1 rings (SSSR count). The van der Waals surface area contributed by atoms with E-state index in [4.69, 9.17) is 10.5 Å². The zero-order valence-electron chi connectivity index (χ0n) is 12.0. The molecular weight excluding hydrogens is 262 g/mol. The number of carboxylic acid groups (broad SMARTS) is 1. The maximum absolute atomic E-state index is 12.0. The third-order valence-corrected chi connectivity index (χ3v) is 2.72. The molecule has 0 aliphatic rings. The molecule has 0 radical (unpaired) electrons. The summed E-state index contributed by atoms with van der Waals surface area (Å²) in [6, 6.07) is 0. The number of aryl methyl sites for hydroxylation is 1. The highest BCUT2D eigenvalue weighted by molar-refractivity contribution is 6.03. The van der Waals surface area contributed by atoms with Crippen LogP contribution in [0.25, 0.3) is 0 Å². The highest BCUT2D eigenvalue weighted by atomic mass is 16.6. The van der Waals surface area contributed by atoms with Gasteiger partial charge in [0.15, 0.2) is 0 Å². The Hall–Kier alpha value is -1.89. The standard InChI is InChI=1S/C13H21N3O4/c1-12(2,3)20-11(19)13(14,10(17)18)6-4-5-9-7-15-8-16-9/h7-8H,4-6,14H2,1-3H3,(H,15,16)(H,17,18). The topological polar surface area (TPSA) is 118 Å². The summed E-state index contributed by atoms with van der Waals surface area (Å²) in [5.41, 5.74) is 3.80. The minimum atomic E-state index is -2.02. The average molecular weight is 283 g/mol. The van der Waals surface area contributed by atoms with Crippen molar-refractivity contribution in [1.82, 2.24) is 9.97 Å². The Morgan fingerprint density at radius 2 is 2.10 bits per heavy atom. The molecule has 1 heterocycles. The van der Waals surface area contributed by atoms with Crippen LogP contribution in [0.4, 0.5) is 0 Å². The Kier molecular flexibility index (Phi) is 4.88. The number of esters is 1. The van der Waals surface area contributed by atoms with Crippen molar-refractivity contribution in [2.45, 2.75) is 51.2 Å². The Balaban J connectivity index is 2.66. The molecule has 20 heavy (non-hydrogen) atoms. The number of carboxylic acids is 1. The summed E-state index contributed by atoms with van der Waals surface area (Å²) >= 11 is 0. The number of ether oxygens (including phenoxy) is 1. The molecule has 7 nitrogen and oxygen atoms in total. The number of aromatic amines is 1. The van der Waals surface area contributed by atoms with E-state index in [0.717, 1.165) is 5.69 Å². The highest BCUT2D eigenvalue weighted by Crippen LogP contribution is 2.18. The molecule has 112 valence electrons. The number of hydrogen-bond acceptors (Lipinski definition) is 5. The molecule has 1 atom stereocenters. The quantitative estimate of drug-likeness (QED) is 0.526. The van der Waals surface area contributed by atoms with Gasteiger partial charge in [-0.3, -0.25) is 0 Å². The van der Waals surface area contributed by atoms with Gasteiger partial charge in [-0.1, -0.05) is 0 Å². The van der Waals surface area contributed by atoms with Crippen molar-refractivity contribution < 1.29 is 19.4 Å². The largest absolute Gasteiger partial charge is 0.479 e. The van der Waals surface area contributed by atoms with Crippen molar-refractivity contribution in [2.75, 3.05) is 0 Å². The zero-order valence-corrected chi connectivity index (χ0v) is 12.0. The first-order chi connectivity index (χ1) is 9.15. The van der Waals surface area contributed by atoms with Crippen molar-refractivity contribution in [3.05, 3.63) is 18.2 Å². The predicted octanol–water partition coefficient (Wildman–Crippen LogP) is 0.856. The minimum absolute atomic E-state index is 0.00370. The van der Waals surface area contributed by atoms with Gasteiger partial charge in [-0.2, -0.15) is 0 Å². The van der Waals surface area contributed by atoms with Gasteiger partial charge in [0.25, 0.3) is 0 Å². The van der Waals surface area contributed by atoms with E-state index in [1.54, 1.807) is 27.0 Å². The second kappa shape index (κ2) is 6.04. The minimum Gasteiger partial charge on any atom is -0.479 e. The lowest BCUT2D eigenvalue weighted by Gasteiger charge is -2.28. The van der Waals surface area contributed by atoms with E-state index in [9.17, 15) is 14.7 Å². The Morgan fingerprint density at radius 3 is 2.55 bits per heavy atom. The number of carbonyl (C=O) groups excluding carboxylic acids is 1. The third kappa shape index (κ3) is 4.34. The number of aliphatic carboxylic acids is 1. The van der Waals surface area contributed by atoms with E-state index in [0.29, 0.717) is 12.8 Å². The van der Waals surface area contributed by atoms with Crippen LogP contribution in [0.5, 0.6) is 0 Å². The van der Waals surface area contributed by atoms with Gasteiger partial charge in [-0.15, -0.1) is 0 Å². The molecule has 1 aromatic rings. The monoisotopic (exact) mass is 283 g/mol. The maximum atomic E-state index is 12.0. The highest BCUT2D eigenvalue weighted by Gasteiger charge is 2.44. The van der Waals surface area contributed by atoms with Crippen LogP contribution in [0, 0.1) is 0 Å². The van der Waals surface area contributed by atoms with E-state index in [2.05, 4.69) is 9.97 Å². The van der Waals surface area contributed by atoms with Gasteiger partial charge >= 0.3 is 11.9 Å². The van der Waals surface area contributed by atoms with E-state index in [1.165, 1.54) is 6.33 Å². The molecule has 0 saturated carbocycles. The number of carbonyl (C=O) groups is 2. The maximum Gasteiger partial charge on any atom is 0.338 e. The first-order valence-corrected chi connectivity index (χ1v) is 6.38. The molecule has 0 aliphatic carbocycles. The molecule has 1 unspecified atom stereocenters. The number of aromatic nitrogens is 2. The van der Waals surface area contributed by atoms with Gasteiger partial charge in [0, 0.05) is 11.9 Å². The summed E-state index contributed by atoms with van der Waals surface area (Å²) in [6.45, 7) is 4.99. The SMILES string of the molecule is CC(C)(C)OC(=O)C(N)(CCCc1cnc[nH]1)C(=O)O. The van der Waals surface area contributed by atoms with Crippen LogP contribution in [0.3, 0.4) is 0 Å². The normalized spacial score (nSPS) is 14.6. The molecule has 0 fully saturated rings. The summed E-state index contributed by atoms with van der Waals surface area (Å²) < 4.78 is 5.09. The van der Waals surface area contributed by atoms with Gasteiger partial charge in [-0.25, -0.2) is 14.6 Å². The van der Waals surface area contributed by atoms with Crippen LogP contribution < -0.4 is 5.73 Å². The summed E-state index contributed by atoms with van der Waals surface area (Å²) in [6.07, 6.45) is 4.18. The first kappa shape index (κ1) is 16.2. The number of H-pyrrole nitrogens is 1. The Labute approximate surface area is 117 Å². The van der Waals surface area contributed by atoms with Crippen molar-refractivity contribution in [3.63, 3.8) is 0 Å². The lowest BCUT2D eigenvalue weighted by molar-refractivity contribution is -0.169. The zero-order chi connectivity index (χ0) is 15.4. The summed E-state index contributed by atoms with van der Waals surface area (Å²) in [7, 11) is 0. The molecule has 0 amide bonds. The van der Waals surface area contributed by atoms with E-state index < -0.39 is 23.1 Å². The second-order valence-electron chi connectivity index (χ2n) is 5.71. The molecular formula is C13H21N3O4. The van der Waals surface area contributed by atoms with Crippen molar-refractivity contribution in [3.8, 4) is 0 Å². The number of hydrogen-bond donors (Lipinski definition) is 3. The summed E-state index contributed by atoms with van der Waals surface area (Å²) in [5.74, 6) is -2.29. The fraction of sp³-hybridized carbons (Fsp3) is 0.615. The average Bonchev–Trinajstić information content (AvgIpc) is 2.79. The summed E-state index contributed by atoms with van der Waals surface area (Å²) in [5, 5.41) is 9.21. The van der Waals surface area contributed by atoms with Crippen molar-refractivity contribution >= 4 is 11.9 Å². The number of nitrogens with zero attached hydrogens (tertiary/aromatic N) is 1. The van der Waals surface area contributed by atoms with Crippen LogP contribution in [0.15, 0.2) is 12.5 Å². The van der Waals surface area contributed by atoms with Crippen LogP contribution in [-0.4, -0.2) is 38.2 Å². The van der Waals surface area contributed by atoms with Gasteiger partial charge < -0.3 is 20.6 Å². The molecule has 1 aromatic heterocycles. The van der Waals surface area contributed by atoms with Gasteiger partial charge in [-0.05, 0) is 40.0 Å². The fourth-order valence-corrected chi connectivity index (χ4v) is 1.64. The molecule has 4 N–H and O–H groups in total. The fourth-order valence-electron chi connectivity index (χ4n) is 1.64. The van der Waals surface area contributed by atoms with Crippen molar-refractivity contribution in [1.29, 1.82) is 0 Å². The second-order valence-corrected chi connectivity index (χ2v) is 5.71. The lowest BCUT2D eigenvalue weighted by Crippen LogP contribution is -2.57. The van der Waals surface area contributed by atoms with Crippen LogP contribution in [0.2, 0.25) is 0 Å². The van der Waals surface area contributed by atoms with E-state index >= 15 is 0 Å². The number of imidazole rings is 1. The molecule has 0 bridgehead atoms. The third-order valence-electron chi connectivity index (χ3n) is 2.72. The van der Waals surface area contributed by atoms with Crippen molar-refractivity contribution in [2.24, 2.45) is 5.73 Å². The number of nitrogens with two attached hydrogens (primary N) is 1. The number of rotatable bonds is 6. The summed E-state index contributed by atoms with van der Waals surface area (Å²) in [4.78, 5) is 30.0. The van der Waals surface area contributed by atoms with Gasteiger partial charge in [0.1, 0.15) is 5.60 Å². The van der Waals surface area contributed by atoms with Crippen LogP contribution in [0.1, 0.15) is 39.3 Å². The molecule has 0 spiro atoms. The van der Waals surface area contributed by atoms with E-state index in [1.807, 2.05) is 0 Å². The molecule has 0 aromatic carbocycles. The smallest absolute Gasteiger partial charge is 0.338 e. The van der Waals surface area contributed by atoms with Crippen LogP contribution >= 0.6 is 0 Å². The van der Waals surface area contributed by atoms with Gasteiger partial charge in [0.05, 0.1) is 6.33 Å². The van der Waals surface area contributed by atoms with Crippen LogP contribution in [-0.2, 0) is 20.7 Å². The Bertz CT molecular complexity index is 464. The van der Waals surface area contributed by atoms with Gasteiger partial charge in [0.2, 0.25) is 5.54 Å².